The second kappa shape index (κ2) is 4.56. The zero-order valence-electron chi connectivity index (χ0n) is 8.84. The van der Waals surface area contributed by atoms with Crippen molar-refractivity contribution in [2.75, 3.05) is 18.8 Å². The van der Waals surface area contributed by atoms with Crippen molar-refractivity contribution < 1.29 is 9.59 Å². The first-order valence-electron chi connectivity index (χ1n) is 4.87. The number of aromatic nitrogens is 2. The number of carbonyl (C=O) groups excluding carboxylic acids is 2. The van der Waals surface area contributed by atoms with Crippen molar-refractivity contribution in [1.82, 2.24) is 19.8 Å². The molecule has 1 aromatic heterocycles. The first kappa shape index (κ1) is 11.0. The molecule has 16 heavy (non-hydrogen) atoms. The highest BCUT2D eigenvalue weighted by molar-refractivity contribution is 7.99. The first-order chi connectivity index (χ1) is 7.68. The van der Waals surface area contributed by atoms with Gasteiger partial charge in [0.25, 0.3) is 0 Å². The van der Waals surface area contributed by atoms with Gasteiger partial charge in [-0.05, 0) is 0 Å². The van der Waals surface area contributed by atoms with Crippen LogP contribution < -0.4 is 5.32 Å². The van der Waals surface area contributed by atoms with Crippen LogP contribution >= 0.6 is 11.8 Å². The topological polar surface area (TPSA) is 67.2 Å². The number of nitrogens with one attached hydrogen (secondary N) is 1. The van der Waals surface area contributed by atoms with E-state index in [1.165, 1.54) is 16.7 Å². The van der Waals surface area contributed by atoms with Crippen molar-refractivity contribution in [1.29, 1.82) is 0 Å². The lowest BCUT2D eigenvalue weighted by Crippen LogP contribution is -2.35. The van der Waals surface area contributed by atoms with Crippen LogP contribution in [0.15, 0.2) is 17.6 Å². The van der Waals surface area contributed by atoms with Gasteiger partial charge in [-0.25, -0.2) is 9.78 Å². The summed E-state index contributed by atoms with van der Waals surface area (Å²) < 4.78 is 1.84. The summed E-state index contributed by atoms with van der Waals surface area (Å²) in [6.45, 7) is 0.996. The smallest absolute Gasteiger partial charge is 0.324 e. The standard InChI is InChI=1S/C9H12N4O2S/c1-12-4-2-11-9(12)16-6-7(14)13-5-3-10-8(13)15/h2,4H,3,5-6H2,1H3,(H,10,15). The summed E-state index contributed by atoms with van der Waals surface area (Å²) in [6.07, 6.45) is 3.49. The zero-order chi connectivity index (χ0) is 11.5. The van der Waals surface area contributed by atoms with E-state index in [1.54, 1.807) is 6.20 Å². The minimum atomic E-state index is -0.301. The van der Waals surface area contributed by atoms with Gasteiger partial charge in [0.2, 0.25) is 5.91 Å². The molecule has 1 aliphatic rings. The third-order valence-corrected chi connectivity index (χ3v) is 3.30. The summed E-state index contributed by atoms with van der Waals surface area (Å²) in [5.41, 5.74) is 0. The molecule has 86 valence electrons. The lowest BCUT2D eigenvalue weighted by atomic mass is 10.5. The number of aryl methyl sites for hydroxylation is 1. The molecule has 2 heterocycles. The Morgan fingerprint density at radius 1 is 1.69 bits per heavy atom. The lowest BCUT2D eigenvalue weighted by Gasteiger charge is -2.11. The Balaban J connectivity index is 1.89. The molecule has 0 unspecified atom stereocenters. The third kappa shape index (κ3) is 2.19. The number of hydrogen-bond acceptors (Lipinski definition) is 4. The molecule has 0 spiro atoms. The number of thioether (sulfide) groups is 1. The number of amides is 3. The molecular formula is C9H12N4O2S. The average Bonchev–Trinajstić information content (AvgIpc) is 2.84. The molecule has 7 heteroatoms. The molecule has 6 nitrogen and oxygen atoms in total. The quantitative estimate of drug-likeness (QED) is 0.759. The van der Waals surface area contributed by atoms with E-state index in [1.807, 2.05) is 17.8 Å². The summed E-state index contributed by atoms with van der Waals surface area (Å²) in [5.74, 6) is 0.0566. The number of carbonyl (C=O) groups is 2. The summed E-state index contributed by atoms with van der Waals surface area (Å²) in [7, 11) is 1.86. The van der Waals surface area contributed by atoms with Crippen molar-refractivity contribution in [3.05, 3.63) is 12.4 Å². The number of urea groups is 1. The van der Waals surface area contributed by atoms with Gasteiger partial charge in [-0.2, -0.15) is 0 Å². The number of imide groups is 1. The van der Waals surface area contributed by atoms with E-state index in [4.69, 9.17) is 0 Å². The minimum Gasteiger partial charge on any atom is -0.336 e. The third-order valence-electron chi connectivity index (χ3n) is 2.26. The summed E-state index contributed by atoms with van der Waals surface area (Å²) in [5, 5.41) is 3.36. The maximum atomic E-state index is 11.7. The van der Waals surface area contributed by atoms with Crippen LogP contribution in [0.4, 0.5) is 4.79 Å². The van der Waals surface area contributed by atoms with Gasteiger partial charge in [0.1, 0.15) is 0 Å². The highest BCUT2D eigenvalue weighted by atomic mass is 32.2. The molecule has 1 saturated heterocycles. The van der Waals surface area contributed by atoms with E-state index in [0.717, 1.165) is 5.16 Å². The highest BCUT2D eigenvalue weighted by Gasteiger charge is 2.25. The molecule has 0 bridgehead atoms. The molecule has 2 rings (SSSR count). The average molecular weight is 240 g/mol. The highest BCUT2D eigenvalue weighted by Crippen LogP contribution is 2.15. The molecule has 0 aliphatic carbocycles. The molecule has 3 amide bonds. The Kier molecular flexibility index (Phi) is 3.14. The van der Waals surface area contributed by atoms with Gasteiger partial charge >= 0.3 is 6.03 Å². The predicted octanol–water partition coefficient (Wildman–Crippen LogP) is 0.0640. The van der Waals surface area contributed by atoms with Crippen LogP contribution in [0.3, 0.4) is 0 Å². The van der Waals surface area contributed by atoms with Gasteiger partial charge in [0, 0.05) is 32.5 Å². The normalized spacial score (nSPS) is 15.3. The molecular weight excluding hydrogens is 228 g/mol. The molecule has 0 saturated carbocycles. The van der Waals surface area contributed by atoms with E-state index in [9.17, 15) is 9.59 Å². The van der Waals surface area contributed by atoms with Crippen molar-refractivity contribution in [2.45, 2.75) is 5.16 Å². The van der Waals surface area contributed by atoms with E-state index in [0.29, 0.717) is 13.1 Å². The van der Waals surface area contributed by atoms with Gasteiger partial charge in [0.05, 0.1) is 5.75 Å². The van der Waals surface area contributed by atoms with Crippen molar-refractivity contribution in [2.24, 2.45) is 7.05 Å². The molecule has 0 atom stereocenters. The van der Waals surface area contributed by atoms with E-state index in [-0.39, 0.29) is 17.7 Å². The largest absolute Gasteiger partial charge is 0.336 e. The molecule has 0 radical (unpaired) electrons. The van der Waals surface area contributed by atoms with Gasteiger partial charge in [-0.1, -0.05) is 11.8 Å². The predicted molar refractivity (Wildman–Crippen MR) is 59.0 cm³/mol. The van der Waals surface area contributed by atoms with Crippen LogP contribution in [0, 0.1) is 0 Å². The molecule has 1 N–H and O–H groups in total. The fourth-order valence-corrected chi connectivity index (χ4v) is 2.21. The fourth-order valence-electron chi connectivity index (χ4n) is 1.40. The Hall–Kier alpha value is -1.50. The van der Waals surface area contributed by atoms with Crippen LogP contribution in [0.5, 0.6) is 0 Å². The van der Waals surface area contributed by atoms with Gasteiger partial charge < -0.3 is 9.88 Å². The zero-order valence-corrected chi connectivity index (χ0v) is 9.66. The number of nitrogens with zero attached hydrogens (tertiary/aromatic N) is 3. The first-order valence-corrected chi connectivity index (χ1v) is 5.85. The van der Waals surface area contributed by atoms with Crippen molar-refractivity contribution >= 4 is 23.7 Å². The van der Waals surface area contributed by atoms with Crippen LogP contribution in [0.1, 0.15) is 0 Å². The maximum Gasteiger partial charge on any atom is 0.324 e. The summed E-state index contributed by atoms with van der Waals surface area (Å²) in [6, 6.07) is -0.301. The van der Waals surface area contributed by atoms with Crippen LogP contribution in [0.25, 0.3) is 0 Å². The summed E-state index contributed by atoms with van der Waals surface area (Å²) in [4.78, 5) is 28.2. The Morgan fingerprint density at radius 2 is 2.50 bits per heavy atom. The van der Waals surface area contributed by atoms with Gasteiger partial charge in [-0.3, -0.25) is 9.69 Å². The Labute approximate surface area is 97.0 Å². The van der Waals surface area contributed by atoms with Crippen LogP contribution in [-0.4, -0.2) is 45.2 Å². The Morgan fingerprint density at radius 3 is 3.06 bits per heavy atom. The van der Waals surface area contributed by atoms with Crippen molar-refractivity contribution in [3.8, 4) is 0 Å². The minimum absolute atomic E-state index is 0.178. The Bertz CT molecular complexity index is 417. The van der Waals surface area contributed by atoms with Crippen molar-refractivity contribution in [3.63, 3.8) is 0 Å². The summed E-state index contributed by atoms with van der Waals surface area (Å²) >= 11 is 1.33. The molecule has 0 aromatic carbocycles. The van der Waals surface area contributed by atoms with E-state index in [2.05, 4.69) is 10.3 Å². The lowest BCUT2D eigenvalue weighted by molar-refractivity contribution is -0.124. The molecule has 1 aromatic rings. The molecule has 1 fully saturated rings. The second-order valence-electron chi connectivity index (χ2n) is 3.39. The van der Waals surface area contributed by atoms with Gasteiger partial charge in [-0.15, -0.1) is 0 Å². The van der Waals surface area contributed by atoms with E-state index < -0.39 is 0 Å². The number of hydrogen-bond donors (Lipinski definition) is 1. The maximum absolute atomic E-state index is 11.7. The number of imidazole rings is 1. The fraction of sp³-hybridized carbons (Fsp3) is 0.444. The molecule has 1 aliphatic heterocycles. The van der Waals surface area contributed by atoms with Crippen LogP contribution in [-0.2, 0) is 11.8 Å². The number of rotatable bonds is 3. The van der Waals surface area contributed by atoms with Gasteiger partial charge in [0.15, 0.2) is 5.16 Å². The van der Waals surface area contributed by atoms with E-state index >= 15 is 0 Å². The van der Waals surface area contributed by atoms with Crippen LogP contribution in [0.2, 0.25) is 0 Å². The second-order valence-corrected chi connectivity index (χ2v) is 4.33. The SMILES string of the molecule is Cn1ccnc1SCC(=O)N1CCNC1=O. The monoisotopic (exact) mass is 240 g/mol.